The quantitative estimate of drug-likeness (QED) is 0.779. The SMILES string of the molecule is CCOC(C(=O)O)c1c(C)ccc(C2CC2)c1-c1ccc2c(c1)CCCO2. The maximum absolute atomic E-state index is 12.0. The minimum Gasteiger partial charge on any atom is -0.493 e. The summed E-state index contributed by atoms with van der Waals surface area (Å²) < 4.78 is 11.4. The lowest BCUT2D eigenvalue weighted by Crippen LogP contribution is -2.18. The van der Waals surface area contributed by atoms with E-state index in [1.807, 2.05) is 26.0 Å². The van der Waals surface area contributed by atoms with Gasteiger partial charge in [-0.1, -0.05) is 18.2 Å². The number of carboxylic acid groups (broad SMARTS) is 1. The number of hydrogen-bond donors (Lipinski definition) is 1. The fourth-order valence-electron chi connectivity index (χ4n) is 4.10. The fraction of sp³-hybridized carbons (Fsp3) is 0.435. The Labute approximate surface area is 160 Å². The van der Waals surface area contributed by atoms with Crippen LogP contribution in [0.25, 0.3) is 11.1 Å². The first-order valence-electron chi connectivity index (χ1n) is 9.84. The smallest absolute Gasteiger partial charge is 0.337 e. The average molecular weight is 366 g/mol. The Morgan fingerprint density at radius 2 is 2.11 bits per heavy atom. The van der Waals surface area contributed by atoms with E-state index in [1.54, 1.807) is 0 Å². The van der Waals surface area contributed by atoms with Crippen LogP contribution in [0.2, 0.25) is 0 Å². The van der Waals surface area contributed by atoms with E-state index < -0.39 is 12.1 Å². The molecule has 2 aromatic rings. The van der Waals surface area contributed by atoms with E-state index in [1.165, 1.54) is 11.1 Å². The third-order valence-electron chi connectivity index (χ3n) is 5.53. The number of hydrogen-bond acceptors (Lipinski definition) is 3. The maximum atomic E-state index is 12.0. The molecule has 0 saturated heterocycles. The highest BCUT2D eigenvalue weighted by Crippen LogP contribution is 2.48. The van der Waals surface area contributed by atoms with Crippen LogP contribution in [0.1, 0.15) is 60.5 Å². The van der Waals surface area contributed by atoms with Crippen molar-refractivity contribution in [2.45, 2.75) is 51.6 Å². The van der Waals surface area contributed by atoms with Gasteiger partial charge < -0.3 is 14.6 Å². The van der Waals surface area contributed by atoms with Crippen LogP contribution in [-0.2, 0) is 16.0 Å². The lowest BCUT2D eigenvalue weighted by molar-refractivity contribution is -0.150. The molecule has 1 N–H and O–H groups in total. The average Bonchev–Trinajstić information content (AvgIpc) is 3.51. The third kappa shape index (κ3) is 3.46. The Kier molecular flexibility index (Phi) is 4.92. The van der Waals surface area contributed by atoms with Crippen LogP contribution in [0.5, 0.6) is 5.75 Å². The molecule has 1 aliphatic heterocycles. The Morgan fingerprint density at radius 3 is 2.81 bits per heavy atom. The van der Waals surface area contributed by atoms with Crippen molar-refractivity contribution in [3.8, 4) is 16.9 Å². The largest absolute Gasteiger partial charge is 0.493 e. The van der Waals surface area contributed by atoms with Crippen molar-refractivity contribution in [2.75, 3.05) is 13.2 Å². The number of benzene rings is 2. The zero-order valence-electron chi connectivity index (χ0n) is 16.0. The predicted molar refractivity (Wildman–Crippen MR) is 104 cm³/mol. The van der Waals surface area contributed by atoms with Crippen molar-refractivity contribution >= 4 is 5.97 Å². The standard InChI is InChI=1S/C23H26O4/c1-3-26-22(23(24)25)20-14(2)6-10-18(15-7-8-15)21(20)17-9-11-19-16(13-17)5-4-12-27-19/h6,9-11,13,15,22H,3-5,7-8,12H2,1-2H3,(H,24,25). The van der Waals surface area contributed by atoms with E-state index in [4.69, 9.17) is 9.47 Å². The number of aryl methyl sites for hydroxylation is 2. The number of rotatable bonds is 6. The van der Waals surface area contributed by atoms with Crippen molar-refractivity contribution < 1.29 is 19.4 Å². The molecule has 1 saturated carbocycles. The molecule has 1 heterocycles. The minimum absolute atomic E-state index is 0.363. The Bertz CT molecular complexity index is 867. The summed E-state index contributed by atoms with van der Waals surface area (Å²) >= 11 is 0. The summed E-state index contributed by atoms with van der Waals surface area (Å²) in [6.07, 6.45) is 3.39. The van der Waals surface area contributed by atoms with Gasteiger partial charge in [0.25, 0.3) is 0 Å². The summed E-state index contributed by atoms with van der Waals surface area (Å²) in [5, 5.41) is 9.85. The fourth-order valence-corrected chi connectivity index (χ4v) is 4.10. The summed E-state index contributed by atoms with van der Waals surface area (Å²) in [7, 11) is 0. The monoisotopic (exact) mass is 366 g/mol. The van der Waals surface area contributed by atoms with Gasteiger partial charge in [-0.25, -0.2) is 4.79 Å². The van der Waals surface area contributed by atoms with Gasteiger partial charge in [0.2, 0.25) is 0 Å². The van der Waals surface area contributed by atoms with Gasteiger partial charge in [0.05, 0.1) is 6.61 Å². The van der Waals surface area contributed by atoms with Crippen LogP contribution in [-0.4, -0.2) is 24.3 Å². The lowest BCUT2D eigenvalue weighted by atomic mass is 9.85. The molecular weight excluding hydrogens is 340 g/mol. The molecule has 0 spiro atoms. The van der Waals surface area contributed by atoms with Crippen LogP contribution in [0.4, 0.5) is 0 Å². The van der Waals surface area contributed by atoms with E-state index >= 15 is 0 Å². The van der Waals surface area contributed by atoms with Crippen LogP contribution < -0.4 is 4.74 Å². The normalized spacial score (nSPS) is 17.1. The number of carboxylic acids is 1. The number of carbonyl (C=O) groups is 1. The molecule has 2 aromatic carbocycles. The highest BCUT2D eigenvalue weighted by atomic mass is 16.5. The van der Waals surface area contributed by atoms with Gasteiger partial charge in [-0.3, -0.25) is 0 Å². The highest BCUT2D eigenvalue weighted by molar-refractivity contribution is 5.83. The molecule has 1 fully saturated rings. The van der Waals surface area contributed by atoms with Crippen LogP contribution >= 0.6 is 0 Å². The molecule has 1 atom stereocenters. The summed E-state index contributed by atoms with van der Waals surface area (Å²) in [5.74, 6) is 0.532. The van der Waals surface area contributed by atoms with Crippen molar-refractivity contribution in [2.24, 2.45) is 0 Å². The summed E-state index contributed by atoms with van der Waals surface area (Å²) in [6.45, 7) is 4.94. The topological polar surface area (TPSA) is 55.8 Å². The zero-order valence-corrected chi connectivity index (χ0v) is 16.0. The first-order valence-corrected chi connectivity index (χ1v) is 9.84. The van der Waals surface area contributed by atoms with Gasteiger partial charge in [-0.05, 0) is 85.4 Å². The molecule has 27 heavy (non-hydrogen) atoms. The lowest BCUT2D eigenvalue weighted by Gasteiger charge is -2.24. The van der Waals surface area contributed by atoms with E-state index in [2.05, 4.69) is 18.2 Å². The molecule has 0 bridgehead atoms. The third-order valence-corrected chi connectivity index (χ3v) is 5.53. The molecular formula is C23H26O4. The minimum atomic E-state index is -0.948. The molecule has 0 amide bonds. The van der Waals surface area contributed by atoms with Crippen molar-refractivity contribution in [3.63, 3.8) is 0 Å². The predicted octanol–water partition coefficient (Wildman–Crippen LogP) is 5.03. The molecule has 142 valence electrons. The van der Waals surface area contributed by atoms with E-state index in [0.717, 1.165) is 60.3 Å². The Balaban J connectivity index is 1.92. The summed E-state index contributed by atoms with van der Waals surface area (Å²) in [5.41, 5.74) is 6.33. The second-order valence-corrected chi connectivity index (χ2v) is 7.48. The summed E-state index contributed by atoms with van der Waals surface area (Å²) in [6, 6.07) is 10.5. The molecule has 2 aliphatic rings. The van der Waals surface area contributed by atoms with E-state index in [9.17, 15) is 9.90 Å². The number of aliphatic carboxylic acids is 1. The first-order chi connectivity index (χ1) is 13.1. The Morgan fingerprint density at radius 1 is 1.30 bits per heavy atom. The molecule has 4 nitrogen and oxygen atoms in total. The van der Waals surface area contributed by atoms with Crippen molar-refractivity contribution in [3.05, 3.63) is 52.6 Å². The Hall–Kier alpha value is -2.33. The van der Waals surface area contributed by atoms with E-state index in [0.29, 0.717) is 12.5 Å². The van der Waals surface area contributed by atoms with Gasteiger partial charge in [0.15, 0.2) is 6.10 Å². The number of ether oxygens (including phenoxy) is 2. The second-order valence-electron chi connectivity index (χ2n) is 7.48. The van der Waals surface area contributed by atoms with Crippen LogP contribution in [0.3, 0.4) is 0 Å². The van der Waals surface area contributed by atoms with Gasteiger partial charge in [0.1, 0.15) is 5.75 Å². The van der Waals surface area contributed by atoms with Gasteiger partial charge in [0, 0.05) is 12.2 Å². The van der Waals surface area contributed by atoms with Crippen LogP contribution in [0.15, 0.2) is 30.3 Å². The van der Waals surface area contributed by atoms with Crippen molar-refractivity contribution in [1.29, 1.82) is 0 Å². The highest BCUT2D eigenvalue weighted by Gasteiger charge is 2.33. The van der Waals surface area contributed by atoms with Gasteiger partial charge >= 0.3 is 5.97 Å². The molecule has 0 aromatic heterocycles. The van der Waals surface area contributed by atoms with E-state index in [-0.39, 0.29) is 0 Å². The molecule has 4 rings (SSSR count). The number of fused-ring (bicyclic) bond motifs is 1. The molecule has 0 radical (unpaired) electrons. The summed E-state index contributed by atoms with van der Waals surface area (Å²) in [4.78, 5) is 12.0. The van der Waals surface area contributed by atoms with Gasteiger partial charge in [-0.15, -0.1) is 0 Å². The van der Waals surface area contributed by atoms with Gasteiger partial charge in [-0.2, -0.15) is 0 Å². The molecule has 4 heteroatoms. The maximum Gasteiger partial charge on any atom is 0.337 e. The molecule has 1 aliphatic carbocycles. The van der Waals surface area contributed by atoms with Crippen LogP contribution in [0, 0.1) is 6.92 Å². The first kappa shape index (κ1) is 18.1. The molecule has 1 unspecified atom stereocenters. The zero-order chi connectivity index (χ0) is 19.0. The second kappa shape index (κ2) is 7.35. The van der Waals surface area contributed by atoms with Crippen molar-refractivity contribution in [1.82, 2.24) is 0 Å².